The van der Waals surface area contributed by atoms with E-state index in [1.807, 2.05) is 50.2 Å². The lowest BCUT2D eigenvalue weighted by atomic mass is 9.90. The fourth-order valence-electron chi connectivity index (χ4n) is 7.25. The predicted molar refractivity (Wildman–Crippen MR) is 231 cm³/mol. The summed E-state index contributed by atoms with van der Waals surface area (Å²) in [5.74, 6) is 0.886. The second-order valence-electron chi connectivity index (χ2n) is 14.4. The predicted octanol–water partition coefficient (Wildman–Crippen LogP) is 11.2. The van der Waals surface area contributed by atoms with Crippen LogP contribution in [0.4, 0.5) is 11.4 Å². The van der Waals surface area contributed by atoms with Crippen LogP contribution in [-0.4, -0.2) is 35.2 Å². The van der Waals surface area contributed by atoms with Crippen LogP contribution in [0.25, 0.3) is 0 Å². The molecule has 8 nitrogen and oxygen atoms in total. The first kappa shape index (κ1) is 40.2. The van der Waals surface area contributed by atoms with Crippen LogP contribution in [0, 0.1) is 0 Å². The smallest absolute Gasteiger partial charge is 0.255 e. The van der Waals surface area contributed by atoms with Gasteiger partial charge in [-0.2, -0.15) is 0 Å². The van der Waals surface area contributed by atoms with Gasteiger partial charge in [-0.15, -0.1) is 0 Å². The largest absolute Gasteiger partial charge is 0.507 e. The Bertz CT molecular complexity index is 2200. The number of hydrogen-bond acceptors (Lipinski definition) is 6. The van der Waals surface area contributed by atoms with Gasteiger partial charge in [0.25, 0.3) is 11.8 Å². The molecule has 0 heterocycles. The van der Waals surface area contributed by atoms with Crippen LogP contribution in [0.5, 0.6) is 23.0 Å². The maximum atomic E-state index is 13.5. The summed E-state index contributed by atoms with van der Waals surface area (Å²) in [5, 5.41) is 31.2. The topological polar surface area (TPSA) is 117 Å². The van der Waals surface area contributed by atoms with Gasteiger partial charge < -0.3 is 30.3 Å². The summed E-state index contributed by atoms with van der Waals surface area (Å²) in [5.41, 5.74) is 7.60. The number of rotatable bonds is 10. The first-order valence-electron chi connectivity index (χ1n) is 19.4. The van der Waals surface area contributed by atoms with Crippen molar-refractivity contribution in [2.45, 2.75) is 52.4 Å². The van der Waals surface area contributed by atoms with Gasteiger partial charge in [0.15, 0.2) is 0 Å². The molecule has 0 fully saturated rings. The van der Waals surface area contributed by atoms with Crippen molar-refractivity contribution in [3.63, 3.8) is 0 Å². The van der Waals surface area contributed by atoms with Gasteiger partial charge in [-0.3, -0.25) is 9.59 Å². The van der Waals surface area contributed by atoms with Crippen molar-refractivity contribution in [2.24, 2.45) is 0 Å². The number of anilines is 2. The number of ether oxygens (including phenoxy) is 2. The van der Waals surface area contributed by atoms with Crippen molar-refractivity contribution >= 4 is 46.4 Å². The highest BCUT2D eigenvalue weighted by Gasteiger charge is 2.23. The van der Waals surface area contributed by atoms with E-state index in [-0.39, 0.29) is 49.0 Å². The number of amides is 2. The Morgan fingerprint density at radius 3 is 1.12 bits per heavy atom. The lowest BCUT2D eigenvalue weighted by molar-refractivity contribution is 0.101. The Hall–Kier alpha value is -5.96. The zero-order valence-electron chi connectivity index (χ0n) is 32.3. The minimum absolute atomic E-state index is 0.110. The lowest BCUT2D eigenvalue weighted by Gasteiger charge is -2.21. The highest BCUT2D eigenvalue weighted by atomic mass is 35.5. The highest BCUT2D eigenvalue weighted by molar-refractivity contribution is 6.31. The number of phenolic OH excluding ortho intramolecular Hbond substituents is 2. The molecule has 0 radical (unpaired) electrons. The number of benzene rings is 6. The van der Waals surface area contributed by atoms with E-state index in [1.165, 1.54) is 0 Å². The monoisotopic (exact) mass is 814 g/mol. The molecular weight excluding hydrogens is 771 g/mol. The Balaban J connectivity index is 1.39. The first-order chi connectivity index (χ1) is 28.1. The van der Waals surface area contributed by atoms with Crippen LogP contribution in [0.1, 0.15) is 91.9 Å². The van der Waals surface area contributed by atoms with Crippen LogP contribution in [0.15, 0.2) is 109 Å². The number of fused-ring (bicyclic) bond motifs is 8. The number of para-hydroxylation sites is 2. The van der Waals surface area contributed by atoms with Gasteiger partial charge >= 0.3 is 0 Å². The Morgan fingerprint density at radius 1 is 0.517 bits per heavy atom. The molecule has 0 saturated heterocycles. The van der Waals surface area contributed by atoms with Crippen LogP contribution in [0.2, 0.25) is 10.0 Å². The Kier molecular flexibility index (Phi) is 12.6. The molecule has 6 aromatic carbocycles. The van der Waals surface area contributed by atoms with Crippen LogP contribution >= 0.6 is 23.2 Å². The van der Waals surface area contributed by atoms with Crippen molar-refractivity contribution in [1.82, 2.24) is 0 Å². The van der Waals surface area contributed by atoms with Gasteiger partial charge in [0.1, 0.15) is 23.0 Å². The molecule has 1 aliphatic carbocycles. The summed E-state index contributed by atoms with van der Waals surface area (Å²) < 4.78 is 12.9. The second kappa shape index (κ2) is 18.1. The molecule has 6 aromatic rings. The van der Waals surface area contributed by atoms with E-state index in [0.29, 0.717) is 79.5 Å². The molecule has 7 rings (SSSR count). The van der Waals surface area contributed by atoms with Gasteiger partial charge in [0.2, 0.25) is 0 Å². The maximum Gasteiger partial charge on any atom is 0.255 e. The number of halogens is 2. The molecular formula is C48H44Cl2N2O6. The molecule has 0 atom stereocenters. The van der Waals surface area contributed by atoms with E-state index in [9.17, 15) is 19.8 Å². The second-order valence-corrected chi connectivity index (χ2v) is 15.3. The van der Waals surface area contributed by atoms with Crippen LogP contribution in [-0.2, 0) is 25.7 Å². The average Bonchev–Trinajstić information content (AvgIpc) is 3.21. The third-order valence-electron chi connectivity index (χ3n) is 10.0. The third kappa shape index (κ3) is 9.25. The summed E-state index contributed by atoms with van der Waals surface area (Å²) in [7, 11) is 0. The number of carbonyl (C=O) groups is 2. The Morgan fingerprint density at radius 2 is 0.828 bits per heavy atom. The summed E-state index contributed by atoms with van der Waals surface area (Å²) in [6.45, 7) is 4.96. The van der Waals surface area contributed by atoms with E-state index < -0.39 is 0 Å². The van der Waals surface area contributed by atoms with E-state index in [4.69, 9.17) is 32.7 Å². The molecule has 0 aliphatic heterocycles. The molecule has 2 amide bonds. The molecule has 8 bridgehead atoms. The zero-order valence-corrected chi connectivity index (χ0v) is 33.8. The summed E-state index contributed by atoms with van der Waals surface area (Å²) in [4.78, 5) is 26.9. The zero-order chi connectivity index (χ0) is 40.8. The van der Waals surface area contributed by atoms with Crippen molar-refractivity contribution < 1.29 is 29.3 Å². The van der Waals surface area contributed by atoms with Crippen LogP contribution < -0.4 is 20.1 Å². The van der Waals surface area contributed by atoms with Gasteiger partial charge in [-0.05, 0) is 108 Å². The van der Waals surface area contributed by atoms with E-state index in [1.54, 1.807) is 72.8 Å². The molecule has 0 spiro atoms. The molecule has 10 heteroatoms. The molecule has 0 unspecified atom stereocenters. The van der Waals surface area contributed by atoms with Crippen molar-refractivity contribution in [3.8, 4) is 23.0 Å². The van der Waals surface area contributed by atoms with Gasteiger partial charge in [-0.1, -0.05) is 73.4 Å². The third-order valence-corrected chi connectivity index (χ3v) is 10.5. The molecule has 4 N–H and O–H groups in total. The van der Waals surface area contributed by atoms with Crippen LogP contribution in [0.3, 0.4) is 0 Å². The first-order valence-corrected chi connectivity index (χ1v) is 20.2. The summed E-state index contributed by atoms with van der Waals surface area (Å²) >= 11 is 12.2. The minimum atomic E-state index is -0.311. The van der Waals surface area contributed by atoms with Crippen molar-refractivity contribution in [1.29, 1.82) is 0 Å². The Labute approximate surface area is 348 Å². The number of nitrogens with one attached hydrogen (secondary N) is 2. The van der Waals surface area contributed by atoms with Crippen molar-refractivity contribution in [2.75, 3.05) is 23.8 Å². The maximum absolute atomic E-state index is 13.5. The minimum Gasteiger partial charge on any atom is -0.507 e. The van der Waals surface area contributed by atoms with E-state index in [2.05, 4.69) is 10.6 Å². The number of carbonyl (C=O) groups excluding carboxylic acids is 2. The average molecular weight is 816 g/mol. The molecule has 0 aromatic heterocycles. The highest BCUT2D eigenvalue weighted by Crippen LogP contribution is 2.40. The molecule has 296 valence electrons. The number of hydrogen-bond donors (Lipinski definition) is 4. The van der Waals surface area contributed by atoms with Crippen molar-refractivity contribution in [3.05, 3.63) is 175 Å². The quantitative estimate of drug-likeness (QED) is 0.102. The van der Waals surface area contributed by atoms with E-state index >= 15 is 0 Å². The molecule has 58 heavy (non-hydrogen) atoms. The number of aromatic hydroxyl groups is 2. The summed E-state index contributed by atoms with van der Waals surface area (Å²) in [6.07, 6.45) is 2.65. The van der Waals surface area contributed by atoms with E-state index in [0.717, 1.165) is 35.1 Å². The van der Waals surface area contributed by atoms with Gasteiger partial charge in [0.05, 0.1) is 13.2 Å². The SMILES string of the molecule is CCCOc1c2cccc1Cc1cc(NC(=O)c3ccc(Cl)cc3)cc(c1O)Cc1cccc(c1OCCC)Cc1cc(NC(=O)c3ccc(Cl)cc3)cc(c1O)C2. The van der Waals surface area contributed by atoms with Gasteiger partial charge in [-0.25, -0.2) is 0 Å². The fraction of sp³-hybridized carbons (Fsp3) is 0.208. The molecule has 0 saturated carbocycles. The van der Waals surface area contributed by atoms with Gasteiger partial charge in [0, 0.05) is 80.5 Å². The summed E-state index contributed by atoms with van der Waals surface area (Å²) in [6, 6.07) is 32.2. The lowest BCUT2D eigenvalue weighted by Crippen LogP contribution is -2.13. The number of phenols is 2. The molecule has 1 aliphatic rings. The normalized spacial score (nSPS) is 12.1. The standard InChI is InChI=1S/C48H44Cl2N2O6/c1-3-19-57-45-31-7-5-8-32(45)22-36-26-42(52-48(56)30-13-17-40(50)18-14-30)28-38(44(36)54)24-34-10-6-9-33(46(34)58-20-4-2)23-37-27-41(25-35(21-31)43(37)53)51-47(55)29-11-15-39(49)16-12-29/h5-18,25-28,53-54H,3-4,19-24H2,1-2H3,(H,51,55)(H,52,56). The fourth-order valence-corrected chi connectivity index (χ4v) is 7.50.